The van der Waals surface area contributed by atoms with Gasteiger partial charge in [-0.2, -0.15) is 0 Å². The Morgan fingerprint density at radius 2 is 1.67 bits per heavy atom. The first-order valence-electron chi connectivity index (χ1n) is 11.7. The third-order valence-corrected chi connectivity index (χ3v) is 7.32. The van der Waals surface area contributed by atoms with E-state index in [-0.39, 0.29) is 30.5 Å². The fourth-order valence-corrected chi connectivity index (χ4v) is 5.85. The molecule has 2 aromatic rings. The van der Waals surface area contributed by atoms with Gasteiger partial charge in [0.2, 0.25) is 5.91 Å². The molecule has 172 valence electrons. The highest BCUT2D eigenvalue weighted by atomic mass is 16.5. The van der Waals surface area contributed by atoms with Crippen LogP contribution in [0.5, 0.6) is 0 Å². The van der Waals surface area contributed by atoms with Crippen molar-refractivity contribution in [3.8, 4) is 11.1 Å². The summed E-state index contributed by atoms with van der Waals surface area (Å²) in [6.07, 6.45) is 2.52. The summed E-state index contributed by atoms with van der Waals surface area (Å²) < 4.78 is 5.52. The lowest BCUT2D eigenvalue weighted by Gasteiger charge is -2.23. The summed E-state index contributed by atoms with van der Waals surface area (Å²) in [5, 5.41) is 12.1. The molecule has 2 heterocycles. The topological polar surface area (TPSA) is 95.9 Å². The van der Waals surface area contributed by atoms with Crippen LogP contribution in [0.4, 0.5) is 4.79 Å². The number of rotatable bonds is 7. The number of carboxylic acid groups (broad SMARTS) is 1. The van der Waals surface area contributed by atoms with Crippen LogP contribution < -0.4 is 5.32 Å². The molecule has 7 heteroatoms. The lowest BCUT2D eigenvalue weighted by Crippen LogP contribution is -2.38. The van der Waals surface area contributed by atoms with E-state index in [1.54, 1.807) is 4.90 Å². The van der Waals surface area contributed by atoms with Crippen LogP contribution in [0.15, 0.2) is 48.5 Å². The number of nitrogens with one attached hydrogen (secondary N) is 1. The molecule has 2 amide bonds. The number of alkyl carbamates (subject to hydrolysis) is 1. The minimum Gasteiger partial charge on any atom is -0.481 e. The summed E-state index contributed by atoms with van der Waals surface area (Å²) in [6, 6.07) is 16.3. The number of amides is 2. The van der Waals surface area contributed by atoms with Crippen LogP contribution in [0.25, 0.3) is 11.1 Å². The monoisotopic (exact) mass is 448 g/mol. The first-order valence-corrected chi connectivity index (χ1v) is 11.7. The van der Waals surface area contributed by atoms with Gasteiger partial charge in [0.05, 0.1) is 5.92 Å². The van der Waals surface area contributed by atoms with Crippen molar-refractivity contribution in [1.82, 2.24) is 10.2 Å². The zero-order valence-corrected chi connectivity index (χ0v) is 18.4. The van der Waals surface area contributed by atoms with Gasteiger partial charge in [-0.1, -0.05) is 48.5 Å². The number of carboxylic acids is 1. The maximum atomic E-state index is 12.6. The minimum atomic E-state index is -0.808. The van der Waals surface area contributed by atoms with Gasteiger partial charge in [0, 0.05) is 31.0 Å². The van der Waals surface area contributed by atoms with Gasteiger partial charge in [-0.3, -0.25) is 9.59 Å². The van der Waals surface area contributed by atoms with Crippen LogP contribution in [0, 0.1) is 5.92 Å². The van der Waals surface area contributed by atoms with E-state index >= 15 is 0 Å². The Labute approximate surface area is 192 Å². The molecule has 0 unspecified atom stereocenters. The standard InChI is InChI=1S/C26H28N2O5/c29-24(28-16-11-12-23(28)21(14-16)25(30)31)10-5-13-27-26(32)33-15-22-19-8-3-1-6-17(19)18-7-2-4-9-20(18)22/h1-4,6-9,16,21-23H,5,10-15H2,(H,27,32)(H,30,31)/t16-,21+,23+/m1/s1. The molecule has 1 aliphatic carbocycles. The lowest BCUT2D eigenvalue weighted by atomic mass is 9.89. The number of benzene rings is 2. The van der Waals surface area contributed by atoms with Gasteiger partial charge in [0.25, 0.3) is 0 Å². The number of carbonyl (C=O) groups excluding carboxylic acids is 2. The molecule has 7 nitrogen and oxygen atoms in total. The summed E-state index contributed by atoms with van der Waals surface area (Å²) in [6.45, 7) is 0.598. The van der Waals surface area contributed by atoms with Crippen molar-refractivity contribution in [2.75, 3.05) is 13.2 Å². The van der Waals surface area contributed by atoms with E-state index in [0.717, 1.165) is 24.0 Å². The van der Waals surface area contributed by atoms with Crippen molar-refractivity contribution in [3.63, 3.8) is 0 Å². The zero-order chi connectivity index (χ0) is 22.9. The molecule has 2 N–H and O–H groups in total. The quantitative estimate of drug-likeness (QED) is 0.629. The maximum Gasteiger partial charge on any atom is 0.407 e. The van der Waals surface area contributed by atoms with Gasteiger partial charge in [-0.25, -0.2) is 4.79 Å². The van der Waals surface area contributed by atoms with E-state index in [0.29, 0.717) is 25.8 Å². The third kappa shape index (κ3) is 3.96. The normalized spacial score (nSPS) is 22.7. The molecule has 3 aliphatic rings. The van der Waals surface area contributed by atoms with Gasteiger partial charge in [0.15, 0.2) is 0 Å². The molecule has 5 rings (SSSR count). The highest BCUT2D eigenvalue weighted by molar-refractivity contribution is 5.81. The number of ether oxygens (including phenoxy) is 1. The molecule has 33 heavy (non-hydrogen) atoms. The Morgan fingerprint density at radius 1 is 1.00 bits per heavy atom. The number of nitrogens with zero attached hydrogens (tertiary/aromatic N) is 1. The lowest BCUT2D eigenvalue weighted by molar-refractivity contribution is -0.143. The van der Waals surface area contributed by atoms with E-state index < -0.39 is 18.0 Å². The molecule has 2 bridgehead atoms. The zero-order valence-electron chi connectivity index (χ0n) is 18.4. The molecule has 0 aromatic heterocycles. The van der Waals surface area contributed by atoms with Crippen molar-refractivity contribution in [2.24, 2.45) is 5.92 Å². The number of hydrogen-bond acceptors (Lipinski definition) is 4. The van der Waals surface area contributed by atoms with Crippen LogP contribution in [0.1, 0.15) is 49.1 Å². The molecule has 0 radical (unpaired) electrons. The van der Waals surface area contributed by atoms with Crippen molar-refractivity contribution in [2.45, 2.75) is 50.1 Å². The van der Waals surface area contributed by atoms with Crippen LogP contribution in [0.3, 0.4) is 0 Å². The van der Waals surface area contributed by atoms with Gasteiger partial charge >= 0.3 is 12.1 Å². The second-order valence-corrected chi connectivity index (χ2v) is 9.14. The van der Waals surface area contributed by atoms with Gasteiger partial charge in [0.1, 0.15) is 6.61 Å². The Kier molecular flexibility index (Phi) is 5.79. The van der Waals surface area contributed by atoms with Crippen LogP contribution >= 0.6 is 0 Å². The molecule has 2 aromatic carbocycles. The third-order valence-electron chi connectivity index (χ3n) is 7.32. The minimum absolute atomic E-state index is 0.0116. The average molecular weight is 449 g/mol. The van der Waals surface area contributed by atoms with Crippen LogP contribution in [-0.4, -0.2) is 53.2 Å². The van der Waals surface area contributed by atoms with Crippen molar-refractivity contribution in [3.05, 3.63) is 59.7 Å². The van der Waals surface area contributed by atoms with E-state index in [1.165, 1.54) is 11.1 Å². The fourth-order valence-electron chi connectivity index (χ4n) is 5.85. The highest BCUT2D eigenvalue weighted by Crippen LogP contribution is 2.44. The predicted molar refractivity (Wildman–Crippen MR) is 122 cm³/mol. The number of hydrogen-bond donors (Lipinski definition) is 2. The first kappa shape index (κ1) is 21.5. The Morgan fingerprint density at radius 3 is 2.30 bits per heavy atom. The summed E-state index contributed by atoms with van der Waals surface area (Å²) in [4.78, 5) is 38.1. The molecule has 3 atom stereocenters. The number of aliphatic carboxylic acids is 1. The maximum absolute atomic E-state index is 12.6. The van der Waals surface area contributed by atoms with E-state index in [9.17, 15) is 19.5 Å². The van der Waals surface area contributed by atoms with Crippen molar-refractivity contribution < 1.29 is 24.2 Å². The molecule has 2 fully saturated rings. The molecule has 0 saturated carbocycles. The smallest absolute Gasteiger partial charge is 0.407 e. The molecule has 2 saturated heterocycles. The second-order valence-electron chi connectivity index (χ2n) is 9.14. The van der Waals surface area contributed by atoms with Crippen molar-refractivity contribution in [1.29, 1.82) is 0 Å². The highest BCUT2D eigenvalue weighted by Gasteiger charge is 2.50. The molecule has 0 spiro atoms. The van der Waals surface area contributed by atoms with Gasteiger partial charge in [-0.15, -0.1) is 0 Å². The summed E-state index contributed by atoms with van der Waals surface area (Å²) in [7, 11) is 0. The Balaban J connectivity index is 1.08. The number of fused-ring (bicyclic) bond motifs is 5. The fraction of sp³-hybridized carbons (Fsp3) is 0.423. The largest absolute Gasteiger partial charge is 0.481 e. The van der Waals surface area contributed by atoms with E-state index in [1.807, 2.05) is 24.3 Å². The first-order chi connectivity index (χ1) is 16.0. The van der Waals surface area contributed by atoms with Gasteiger partial charge in [-0.05, 0) is 47.9 Å². The van der Waals surface area contributed by atoms with Crippen LogP contribution in [-0.2, 0) is 14.3 Å². The predicted octanol–water partition coefficient (Wildman–Crippen LogP) is 3.77. The second kappa shape index (κ2) is 8.89. The molecular weight excluding hydrogens is 420 g/mol. The Bertz CT molecular complexity index is 1040. The van der Waals surface area contributed by atoms with Gasteiger partial charge < -0.3 is 20.1 Å². The summed E-state index contributed by atoms with van der Waals surface area (Å²) >= 11 is 0. The SMILES string of the molecule is O=C(NCCCC(=O)N1[C@@H]2CC[C@H]1[C@@H](C(=O)O)C2)OCC1c2ccccc2-c2ccccc21. The van der Waals surface area contributed by atoms with E-state index in [2.05, 4.69) is 29.6 Å². The van der Waals surface area contributed by atoms with E-state index in [4.69, 9.17) is 4.74 Å². The summed E-state index contributed by atoms with van der Waals surface area (Å²) in [5.74, 6) is -1.25. The molecule has 2 aliphatic heterocycles. The van der Waals surface area contributed by atoms with Crippen LogP contribution in [0.2, 0.25) is 0 Å². The number of carbonyl (C=O) groups is 3. The summed E-state index contributed by atoms with van der Waals surface area (Å²) in [5.41, 5.74) is 4.69. The molecular formula is C26H28N2O5. The Hall–Kier alpha value is -3.35. The average Bonchev–Trinajstić information content (AvgIpc) is 3.50. The van der Waals surface area contributed by atoms with Crippen molar-refractivity contribution >= 4 is 18.0 Å².